The van der Waals surface area contributed by atoms with E-state index in [9.17, 15) is 8.78 Å². The molecule has 3 heteroatoms. The zero-order chi connectivity index (χ0) is 10.1. The summed E-state index contributed by atoms with van der Waals surface area (Å²) in [5.74, 6) is -0.939. The van der Waals surface area contributed by atoms with E-state index in [4.69, 9.17) is 0 Å². The van der Waals surface area contributed by atoms with Crippen LogP contribution < -0.4 is 5.32 Å². The van der Waals surface area contributed by atoms with Gasteiger partial charge in [0.25, 0.3) is 0 Å². The lowest BCUT2D eigenvalue weighted by molar-refractivity contribution is 0.557. The molecule has 0 radical (unpaired) electrons. The summed E-state index contributed by atoms with van der Waals surface area (Å²) in [4.78, 5) is 0. The predicted octanol–water partition coefficient (Wildman–Crippen LogP) is 2.70. The van der Waals surface area contributed by atoms with Crippen LogP contribution >= 0.6 is 0 Å². The third kappa shape index (κ3) is 1.64. The van der Waals surface area contributed by atoms with Crippen molar-refractivity contribution in [3.8, 4) is 0 Å². The fraction of sp³-hybridized carbons (Fsp3) is 0.455. The van der Waals surface area contributed by atoms with E-state index in [1.807, 2.05) is 0 Å². The average molecular weight is 197 g/mol. The molecule has 0 aromatic heterocycles. The van der Waals surface area contributed by atoms with Crippen molar-refractivity contribution in [2.75, 3.05) is 6.54 Å². The summed E-state index contributed by atoms with van der Waals surface area (Å²) < 4.78 is 26.2. The number of hydrogen-bond donors (Lipinski definition) is 1. The molecule has 1 fully saturated rings. The molecule has 1 aliphatic rings. The van der Waals surface area contributed by atoms with E-state index < -0.39 is 11.6 Å². The highest BCUT2D eigenvalue weighted by molar-refractivity contribution is 5.31. The molecule has 1 N–H and O–H groups in total. The minimum Gasteiger partial charge on any atom is -0.310 e. The maximum absolute atomic E-state index is 13.2. The molecule has 76 valence electrons. The Balaban J connectivity index is 2.40. The van der Waals surface area contributed by atoms with Gasteiger partial charge < -0.3 is 5.32 Å². The molecule has 1 atom stereocenters. The van der Waals surface area contributed by atoms with Gasteiger partial charge in [0.2, 0.25) is 0 Å². The Bertz CT molecular complexity index is 343. The summed E-state index contributed by atoms with van der Waals surface area (Å²) in [6, 6.07) is 2.50. The van der Waals surface area contributed by atoms with E-state index >= 15 is 0 Å². The molecular weight excluding hydrogens is 184 g/mol. The van der Waals surface area contributed by atoms with Crippen LogP contribution in [0, 0.1) is 18.6 Å². The fourth-order valence-electron chi connectivity index (χ4n) is 1.98. The summed E-state index contributed by atoms with van der Waals surface area (Å²) in [7, 11) is 0. The molecule has 0 bridgehead atoms. The van der Waals surface area contributed by atoms with Gasteiger partial charge in [-0.3, -0.25) is 0 Å². The predicted molar refractivity (Wildman–Crippen MR) is 51.1 cm³/mol. The lowest BCUT2D eigenvalue weighted by Gasteiger charge is -2.14. The summed E-state index contributed by atoms with van der Waals surface area (Å²) in [6.45, 7) is 2.63. The quantitative estimate of drug-likeness (QED) is 0.729. The monoisotopic (exact) mass is 197 g/mol. The SMILES string of the molecule is Cc1c(F)cc(F)cc1[C@@H]1CCCN1. The van der Waals surface area contributed by atoms with E-state index in [2.05, 4.69) is 5.32 Å². The standard InChI is InChI=1S/C11H13F2N/c1-7-9(11-3-2-4-14-11)5-8(12)6-10(7)13/h5-6,11,14H,2-4H2,1H3/t11-/m0/s1. The minimum atomic E-state index is -0.489. The Hall–Kier alpha value is -0.960. The van der Waals surface area contributed by atoms with Gasteiger partial charge in [0.15, 0.2) is 0 Å². The molecule has 0 unspecified atom stereocenters. The molecule has 1 aromatic carbocycles. The van der Waals surface area contributed by atoms with Crippen LogP contribution in [0.5, 0.6) is 0 Å². The first kappa shape index (κ1) is 9.59. The second-order valence-corrected chi connectivity index (χ2v) is 3.75. The van der Waals surface area contributed by atoms with Gasteiger partial charge in [-0.15, -0.1) is 0 Å². The Kier molecular flexibility index (Phi) is 2.50. The van der Waals surface area contributed by atoms with Crippen LogP contribution in [0.4, 0.5) is 8.78 Å². The molecule has 0 spiro atoms. The highest BCUT2D eigenvalue weighted by atomic mass is 19.1. The van der Waals surface area contributed by atoms with Crippen molar-refractivity contribution >= 4 is 0 Å². The van der Waals surface area contributed by atoms with E-state index in [1.165, 1.54) is 6.07 Å². The van der Waals surface area contributed by atoms with Crippen molar-refractivity contribution < 1.29 is 8.78 Å². The largest absolute Gasteiger partial charge is 0.310 e. The molecule has 2 rings (SSSR count). The molecule has 0 saturated carbocycles. The fourth-order valence-corrected chi connectivity index (χ4v) is 1.98. The lowest BCUT2D eigenvalue weighted by atomic mass is 9.99. The molecule has 14 heavy (non-hydrogen) atoms. The molecular formula is C11H13F2N. The first-order chi connectivity index (χ1) is 6.68. The number of halogens is 2. The maximum Gasteiger partial charge on any atom is 0.129 e. The van der Waals surface area contributed by atoms with Crippen LogP contribution in [-0.2, 0) is 0 Å². The number of benzene rings is 1. The Labute approximate surface area is 82.1 Å². The van der Waals surface area contributed by atoms with Crippen molar-refractivity contribution in [2.24, 2.45) is 0 Å². The lowest BCUT2D eigenvalue weighted by Crippen LogP contribution is -2.14. The van der Waals surface area contributed by atoms with E-state index in [1.54, 1.807) is 6.92 Å². The molecule has 1 saturated heterocycles. The molecule has 0 aliphatic carbocycles. The summed E-state index contributed by atoms with van der Waals surface area (Å²) >= 11 is 0. The molecule has 0 amide bonds. The van der Waals surface area contributed by atoms with Gasteiger partial charge in [-0.25, -0.2) is 8.78 Å². The summed E-state index contributed by atoms with van der Waals surface area (Å²) in [6.07, 6.45) is 2.03. The van der Waals surface area contributed by atoms with E-state index in [0.717, 1.165) is 31.0 Å². The highest BCUT2D eigenvalue weighted by Crippen LogP contribution is 2.27. The Morgan fingerprint density at radius 2 is 2.14 bits per heavy atom. The van der Waals surface area contributed by atoms with Gasteiger partial charge in [-0.05, 0) is 43.5 Å². The molecule has 1 aliphatic heterocycles. The third-order valence-corrected chi connectivity index (χ3v) is 2.78. The Morgan fingerprint density at radius 1 is 1.36 bits per heavy atom. The zero-order valence-electron chi connectivity index (χ0n) is 8.11. The topological polar surface area (TPSA) is 12.0 Å². The molecule has 1 aromatic rings. The Morgan fingerprint density at radius 3 is 2.79 bits per heavy atom. The van der Waals surface area contributed by atoms with Crippen molar-refractivity contribution in [3.05, 3.63) is 34.9 Å². The van der Waals surface area contributed by atoms with Crippen molar-refractivity contribution in [1.29, 1.82) is 0 Å². The van der Waals surface area contributed by atoms with Gasteiger partial charge in [-0.1, -0.05) is 0 Å². The number of rotatable bonds is 1. The average Bonchev–Trinajstić information content (AvgIpc) is 2.63. The van der Waals surface area contributed by atoms with E-state index in [-0.39, 0.29) is 6.04 Å². The van der Waals surface area contributed by atoms with Crippen LogP contribution in [0.25, 0.3) is 0 Å². The van der Waals surface area contributed by atoms with Crippen LogP contribution in [0.2, 0.25) is 0 Å². The van der Waals surface area contributed by atoms with Crippen LogP contribution in [-0.4, -0.2) is 6.54 Å². The number of nitrogens with one attached hydrogen (secondary N) is 1. The smallest absolute Gasteiger partial charge is 0.129 e. The van der Waals surface area contributed by atoms with Gasteiger partial charge >= 0.3 is 0 Å². The van der Waals surface area contributed by atoms with Crippen LogP contribution in [0.3, 0.4) is 0 Å². The second-order valence-electron chi connectivity index (χ2n) is 3.75. The highest BCUT2D eigenvalue weighted by Gasteiger charge is 2.20. The molecule has 1 heterocycles. The van der Waals surface area contributed by atoms with Gasteiger partial charge in [0.1, 0.15) is 11.6 Å². The van der Waals surface area contributed by atoms with Crippen LogP contribution in [0.1, 0.15) is 30.0 Å². The summed E-state index contributed by atoms with van der Waals surface area (Å²) in [5, 5.41) is 3.23. The zero-order valence-corrected chi connectivity index (χ0v) is 8.11. The normalized spacial score (nSPS) is 21.5. The van der Waals surface area contributed by atoms with E-state index in [0.29, 0.717) is 5.56 Å². The third-order valence-electron chi connectivity index (χ3n) is 2.78. The van der Waals surface area contributed by atoms with Crippen molar-refractivity contribution in [3.63, 3.8) is 0 Å². The van der Waals surface area contributed by atoms with Crippen molar-refractivity contribution in [1.82, 2.24) is 5.32 Å². The molecule has 1 nitrogen and oxygen atoms in total. The second kappa shape index (κ2) is 3.65. The van der Waals surface area contributed by atoms with Crippen molar-refractivity contribution in [2.45, 2.75) is 25.8 Å². The minimum absolute atomic E-state index is 0.125. The van der Waals surface area contributed by atoms with Gasteiger partial charge in [-0.2, -0.15) is 0 Å². The van der Waals surface area contributed by atoms with Gasteiger partial charge in [0.05, 0.1) is 0 Å². The number of hydrogen-bond acceptors (Lipinski definition) is 1. The van der Waals surface area contributed by atoms with Gasteiger partial charge in [0, 0.05) is 12.1 Å². The summed E-state index contributed by atoms with van der Waals surface area (Å²) in [5.41, 5.74) is 1.32. The first-order valence-electron chi connectivity index (χ1n) is 4.87. The van der Waals surface area contributed by atoms with Crippen LogP contribution in [0.15, 0.2) is 12.1 Å². The first-order valence-corrected chi connectivity index (χ1v) is 4.87. The maximum atomic E-state index is 13.2.